The first-order valence-electron chi connectivity index (χ1n) is 8.51. The van der Waals surface area contributed by atoms with Crippen LogP contribution in [0.25, 0.3) is 20.4 Å². The third-order valence-electron chi connectivity index (χ3n) is 3.91. The molecule has 0 aliphatic rings. The summed E-state index contributed by atoms with van der Waals surface area (Å²) in [6.45, 7) is 3.89. The molecule has 0 fully saturated rings. The van der Waals surface area contributed by atoms with Crippen LogP contribution in [-0.4, -0.2) is 21.8 Å². The molecule has 0 radical (unpaired) electrons. The first-order chi connectivity index (χ1) is 13.5. The van der Waals surface area contributed by atoms with Gasteiger partial charge in [-0.05, 0) is 50.2 Å². The Hall–Kier alpha value is -3.10. The molecular formula is C20H16N4O2S2. The summed E-state index contributed by atoms with van der Waals surface area (Å²) in [7, 11) is 0. The normalized spacial score (nSPS) is 11.4. The van der Waals surface area contributed by atoms with E-state index in [1.165, 1.54) is 12.2 Å². The molecule has 0 atom stereocenters. The molecule has 2 aromatic heterocycles. The molecule has 0 unspecified atom stereocenters. The van der Waals surface area contributed by atoms with E-state index in [-0.39, 0.29) is 11.8 Å². The highest BCUT2D eigenvalue weighted by Crippen LogP contribution is 2.25. The fraction of sp³-hybridized carbons (Fsp3) is 0.100. The van der Waals surface area contributed by atoms with Gasteiger partial charge in [0.1, 0.15) is 0 Å². The van der Waals surface area contributed by atoms with Gasteiger partial charge in [0.25, 0.3) is 0 Å². The fourth-order valence-corrected chi connectivity index (χ4v) is 4.49. The maximum Gasteiger partial charge on any atom is 0.248 e. The van der Waals surface area contributed by atoms with Gasteiger partial charge in [-0.25, -0.2) is 9.97 Å². The fourth-order valence-electron chi connectivity index (χ4n) is 2.75. The van der Waals surface area contributed by atoms with E-state index in [0.29, 0.717) is 11.4 Å². The van der Waals surface area contributed by atoms with E-state index in [0.717, 1.165) is 30.4 Å². The van der Waals surface area contributed by atoms with E-state index in [2.05, 4.69) is 20.6 Å². The van der Waals surface area contributed by atoms with Gasteiger partial charge in [-0.3, -0.25) is 9.59 Å². The summed E-state index contributed by atoms with van der Waals surface area (Å²) in [5, 5.41) is 7.46. The average molecular weight is 409 g/mol. The molecule has 0 aliphatic heterocycles. The Morgan fingerprint density at radius 2 is 1.21 bits per heavy atom. The minimum absolute atomic E-state index is 0.371. The highest BCUT2D eigenvalue weighted by molar-refractivity contribution is 7.18. The molecule has 2 aromatic carbocycles. The van der Waals surface area contributed by atoms with Crippen molar-refractivity contribution in [2.24, 2.45) is 0 Å². The summed E-state index contributed by atoms with van der Waals surface area (Å²) in [5.74, 6) is -0.742. The predicted octanol–water partition coefficient (Wildman–Crippen LogP) is 4.66. The van der Waals surface area contributed by atoms with E-state index in [1.807, 2.05) is 38.1 Å². The van der Waals surface area contributed by atoms with Crippen molar-refractivity contribution >= 4 is 66.3 Å². The molecule has 0 bridgehead atoms. The van der Waals surface area contributed by atoms with Gasteiger partial charge in [-0.15, -0.1) is 22.7 Å². The zero-order valence-corrected chi connectivity index (χ0v) is 16.8. The quantitative estimate of drug-likeness (QED) is 0.481. The number of carbonyl (C=O) groups excluding carboxylic acids is 2. The zero-order chi connectivity index (χ0) is 19.7. The number of carbonyl (C=O) groups is 2. The minimum atomic E-state index is -0.371. The van der Waals surface area contributed by atoms with Gasteiger partial charge < -0.3 is 10.6 Å². The highest BCUT2D eigenvalue weighted by Gasteiger charge is 2.06. The molecule has 0 saturated heterocycles. The summed E-state index contributed by atoms with van der Waals surface area (Å²) in [5.41, 5.74) is 3.14. The molecule has 6 nitrogen and oxygen atoms in total. The van der Waals surface area contributed by atoms with Gasteiger partial charge in [-0.1, -0.05) is 0 Å². The number of fused-ring (bicyclic) bond motifs is 2. The minimum Gasteiger partial charge on any atom is -0.322 e. The van der Waals surface area contributed by atoms with Gasteiger partial charge >= 0.3 is 0 Å². The molecule has 28 heavy (non-hydrogen) atoms. The number of amides is 2. The van der Waals surface area contributed by atoms with E-state index < -0.39 is 0 Å². The van der Waals surface area contributed by atoms with Crippen molar-refractivity contribution < 1.29 is 9.59 Å². The molecule has 2 N–H and O–H groups in total. The highest BCUT2D eigenvalue weighted by atomic mass is 32.1. The Labute approximate surface area is 168 Å². The number of hydrogen-bond donors (Lipinski definition) is 2. The van der Waals surface area contributed by atoms with Crippen molar-refractivity contribution in [3.63, 3.8) is 0 Å². The molecule has 0 spiro atoms. The van der Waals surface area contributed by atoms with Crippen LogP contribution in [0, 0.1) is 13.8 Å². The lowest BCUT2D eigenvalue weighted by Crippen LogP contribution is -2.12. The number of hydrogen-bond acceptors (Lipinski definition) is 6. The second-order valence-electron chi connectivity index (χ2n) is 6.14. The van der Waals surface area contributed by atoms with Gasteiger partial charge in [-0.2, -0.15) is 0 Å². The van der Waals surface area contributed by atoms with E-state index in [9.17, 15) is 9.59 Å². The monoisotopic (exact) mass is 408 g/mol. The smallest absolute Gasteiger partial charge is 0.248 e. The predicted molar refractivity (Wildman–Crippen MR) is 115 cm³/mol. The molecular weight excluding hydrogens is 392 g/mol. The average Bonchev–Trinajstić information content (AvgIpc) is 3.19. The van der Waals surface area contributed by atoms with Crippen LogP contribution >= 0.6 is 22.7 Å². The lowest BCUT2D eigenvalue weighted by Gasteiger charge is -2.03. The standard InChI is InChI=1S/C20H16N4O2S2/c1-11-21-15-5-3-13(9-17(15)27-11)23-19(25)7-8-20(26)24-14-4-6-16-18(10-14)28-12(2)22-16/h3-10H,1-2H3,(H,23,25)(H,24,26). The first kappa shape index (κ1) is 18.3. The van der Waals surface area contributed by atoms with Crippen LogP contribution in [0.1, 0.15) is 10.0 Å². The summed E-state index contributed by atoms with van der Waals surface area (Å²) < 4.78 is 2.01. The summed E-state index contributed by atoms with van der Waals surface area (Å²) >= 11 is 3.13. The molecule has 0 aliphatic carbocycles. The number of thiazole rings is 2. The Kier molecular flexibility index (Phi) is 4.89. The second-order valence-corrected chi connectivity index (χ2v) is 8.61. The SMILES string of the molecule is Cc1nc2ccc(NC(=O)C=CC(=O)Nc3ccc4nc(C)sc4c3)cc2s1. The first-order valence-corrected chi connectivity index (χ1v) is 10.1. The Bertz CT molecular complexity index is 1140. The Balaban J connectivity index is 1.38. The molecule has 2 heterocycles. The largest absolute Gasteiger partial charge is 0.322 e. The van der Waals surface area contributed by atoms with Crippen LogP contribution in [0.5, 0.6) is 0 Å². The van der Waals surface area contributed by atoms with E-state index in [1.54, 1.807) is 34.8 Å². The number of nitrogens with one attached hydrogen (secondary N) is 2. The van der Waals surface area contributed by atoms with Gasteiger partial charge in [0.15, 0.2) is 0 Å². The number of benzene rings is 2. The van der Waals surface area contributed by atoms with Gasteiger partial charge in [0.05, 0.1) is 30.4 Å². The molecule has 0 saturated carbocycles. The van der Waals surface area contributed by atoms with Crippen LogP contribution in [0.2, 0.25) is 0 Å². The van der Waals surface area contributed by atoms with Crippen molar-refractivity contribution in [3.05, 3.63) is 58.6 Å². The maximum absolute atomic E-state index is 12.1. The molecule has 140 valence electrons. The number of aromatic nitrogens is 2. The van der Waals surface area contributed by atoms with Crippen LogP contribution < -0.4 is 10.6 Å². The summed E-state index contributed by atoms with van der Waals surface area (Å²) in [6.07, 6.45) is 2.43. The Morgan fingerprint density at radius 3 is 1.64 bits per heavy atom. The molecule has 2 amide bonds. The maximum atomic E-state index is 12.1. The third kappa shape index (κ3) is 4.08. The van der Waals surface area contributed by atoms with Gasteiger partial charge in [0.2, 0.25) is 11.8 Å². The van der Waals surface area contributed by atoms with Crippen LogP contribution in [0.4, 0.5) is 11.4 Å². The van der Waals surface area contributed by atoms with E-state index >= 15 is 0 Å². The lowest BCUT2D eigenvalue weighted by atomic mass is 10.3. The van der Waals surface area contributed by atoms with Crippen molar-refractivity contribution in [3.8, 4) is 0 Å². The number of anilines is 2. The van der Waals surface area contributed by atoms with Crippen molar-refractivity contribution in [1.82, 2.24) is 9.97 Å². The van der Waals surface area contributed by atoms with Crippen LogP contribution in [-0.2, 0) is 9.59 Å². The van der Waals surface area contributed by atoms with Crippen LogP contribution in [0.15, 0.2) is 48.6 Å². The Morgan fingerprint density at radius 1 is 0.786 bits per heavy atom. The van der Waals surface area contributed by atoms with Crippen molar-refractivity contribution in [1.29, 1.82) is 0 Å². The third-order valence-corrected chi connectivity index (χ3v) is 5.78. The van der Waals surface area contributed by atoms with Crippen LogP contribution in [0.3, 0.4) is 0 Å². The number of rotatable bonds is 4. The summed E-state index contributed by atoms with van der Waals surface area (Å²) in [4.78, 5) is 33.0. The van der Waals surface area contributed by atoms with Crippen molar-refractivity contribution in [2.75, 3.05) is 10.6 Å². The van der Waals surface area contributed by atoms with Crippen molar-refractivity contribution in [2.45, 2.75) is 13.8 Å². The lowest BCUT2D eigenvalue weighted by molar-refractivity contribution is -0.114. The zero-order valence-electron chi connectivity index (χ0n) is 15.1. The van der Waals surface area contributed by atoms with E-state index in [4.69, 9.17) is 0 Å². The number of nitrogens with zero attached hydrogens (tertiary/aromatic N) is 2. The molecule has 4 aromatic rings. The second kappa shape index (κ2) is 7.49. The summed E-state index contributed by atoms with van der Waals surface area (Å²) in [6, 6.07) is 11.1. The van der Waals surface area contributed by atoms with Gasteiger partial charge in [0, 0.05) is 23.5 Å². The number of aryl methyl sites for hydroxylation is 2. The topological polar surface area (TPSA) is 84.0 Å². The molecule has 4 rings (SSSR count). The molecule has 8 heteroatoms.